The molecule has 7 N–H and O–H groups in total. The Kier molecular flexibility index (Phi) is 7.64. The molecule has 4 aliphatic carbocycles. The second kappa shape index (κ2) is 10.00. The van der Waals surface area contributed by atoms with E-state index >= 15 is 0 Å². The van der Waals surface area contributed by atoms with Gasteiger partial charge < -0.3 is 26.1 Å². The zero-order valence-electron chi connectivity index (χ0n) is 20.9. The first-order valence-electron chi connectivity index (χ1n) is 13.5. The Morgan fingerprint density at radius 1 is 1.03 bits per heavy atom. The molecule has 190 valence electrons. The molecule has 0 aromatic rings. The van der Waals surface area contributed by atoms with Crippen molar-refractivity contribution in [1.82, 2.24) is 10.8 Å². The van der Waals surface area contributed by atoms with Crippen molar-refractivity contribution < 1.29 is 15.1 Å². The highest BCUT2D eigenvalue weighted by Gasteiger charge is 2.66. The van der Waals surface area contributed by atoms with Gasteiger partial charge in [-0.05, 0) is 112 Å². The van der Waals surface area contributed by atoms with Crippen LogP contribution in [0.3, 0.4) is 0 Å². The Bertz CT molecular complexity index is 692. The number of hydroxylamine groups is 1. The molecule has 0 radical (unpaired) electrons. The molecule has 4 fully saturated rings. The first kappa shape index (κ1) is 25.2. The van der Waals surface area contributed by atoms with Crippen LogP contribution in [0.1, 0.15) is 90.9 Å². The third-order valence-corrected chi connectivity index (χ3v) is 10.7. The minimum Gasteiger partial charge on any atom is -0.393 e. The van der Waals surface area contributed by atoms with E-state index < -0.39 is 5.60 Å². The monoisotopic (exact) mass is 464 g/mol. The van der Waals surface area contributed by atoms with Gasteiger partial charge in [0, 0.05) is 13.1 Å². The van der Waals surface area contributed by atoms with Gasteiger partial charge in [-0.15, -0.1) is 0 Å². The van der Waals surface area contributed by atoms with E-state index in [0.717, 1.165) is 70.8 Å². The second-order valence-corrected chi connectivity index (χ2v) is 12.1. The van der Waals surface area contributed by atoms with Crippen molar-refractivity contribution in [1.29, 1.82) is 5.41 Å². The van der Waals surface area contributed by atoms with Crippen molar-refractivity contribution in [3.8, 4) is 0 Å². The fourth-order valence-corrected chi connectivity index (χ4v) is 8.68. The number of guanidine groups is 1. The number of hydrogen-bond acceptors (Lipinski definition) is 5. The van der Waals surface area contributed by atoms with Gasteiger partial charge in [-0.1, -0.05) is 13.8 Å². The van der Waals surface area contributed by atoms with E-state index in [0.29, 0.717) is 42.2 Å². The van der Waals surface area contributed by atoms with E-state index in [1.54, 1.807) is 0 Å². The van der Waals surface area contributed by atoms with Crippen molar-refractivity contribution in [3.05, 3.63) is 0 Å². The summed E-state index contributed by atoms with van der Waals surface area (Å²) in [6.07, 6.45) is 12.6. The van der Waals surface area contributed by atoms with Gasteiger partial charge in [0.15, 0.2) is 5.96 Å². The van der Waals surface area contributed by atoms with E-state index in [1.807, 2.05) is 0 Å². The fourth-order valence-electron chi connectivity index (χ4n) is 8.68. The Morgan fingerprint density at radius 2 is 1.85 bits per heavy atom. The van der Waals surface area contributed by atoms with Crippen LogP contribution < -0.4 is 16.5 Å². The smallest absolute Gasteiger partial charge is 0.185 e. The van der Waals surface area contributed by atoms with E-state index in [9.17, 15) is 10.2 Å². The molecular weight excluding hydrogens is 416 g/mol. The molecule has 0 bridgehead atoms. The highest BCUT2D eigenvalue weighted by atomic mass is 16.6. The van der Waals surface area contributed by atoms with Crippen LogP contribution in [0.4, 0.5) is 0 Å². The molecule has 0 aromatic carbocycles. The molecule has 4 aliphatic rings. The van der Waals surface area contributed by atoms with Crippen molar-refractivity contribution in [2.75, 3.05) is 19.7 Å². The Morgan fingerprint density at radius 3 is 2.64 bits per heavy atom. The van der Waals surface area contributed by atoms with Gasteiger partial charge in [-0.3, -0.25) is 5.41 Å². The summed E-state index contributed by atoms with van der Waals surface area (Å²) in [6, 6.07) is 0. The molecule has 8 atom stereocenters. The van der Waals surface area contributed by atoms with Crippen LogP contribution in [0.15, 0.2) is 0 Å². The molecule has 7 heteroatoms. The van der Waals surface area contributed by atoms with Crippen molar-refractivity contribution in [3.63, 3.8) is 0 Å². The molecular formula is C26H48N4O3. The maximum Gasteiger partial charge on any atom is 0.185 e. The normalized spacial score (nSPS) is 44.5. The van der Waals surface area contributed by atoms with Crippen LogP contribution in [0.25, 0.3) is 0 Å². The third kappa shape index (κ3) is 4.67. The maximum absolute atomic E-state index is 12.2. The summed E-state index contributed by atoms with van der Waals surface area (Å²) < 4.78 is 0. The first-order valence-corrected chi connectivity index (χ1v) is 13.5. The van der Waals surface area contributed by atoms with Gasteiger partial charge in [0.05, 0.1) is 18.3 Å². The third-order valence-electron chi connectivity index (χ3n) is 10.7. The number of rotatable bonds is 9. The van der Waals surface area contributed by atoms with Gasteiger partial charge in [-0.25, -0.2) is 5.48 Å². The average molecular weight is 465 g/mol. The fraction of sp³-hybridized carbons (Fsp3) is 0.962. The van der Waals surface area contributed by atoms with E-state index in [1.165, 1.54) is 12.8 Å². The number of aliphatic hydroxyl groups is 2. The Labute approximate surface area is 200 Å². The molecule has 0 heterocycles. The molecule has 7 nitrogen and oxygen atoms in total. The lowest BCUT2D eigenvalue weighted by molar-refractivity contribution is -0.210. The molecule has 0 aliphatic heterocycles. The lowest BCUT2D eigenvalue weighted by Crippen LogP contribution is -2.62. The van der Waals surface area contributed by atoms with Crippen LogP contribution in [0.2, 0.25) is 0 Å². The summed E-state index contributed by atoms with van der Waals surface area (Å²) >= 11 is 0. The predicted molar refractivity (Wildman–Crippen MR) is 130 cm³/mol. The molecule has 0 saturated heterocycles. The number of hydrogen-bond donors (Lipinski definition) is 6. The molecule has 33 heavy (non-hydrogen) atoms. The summed E-state index contributed by atoms with van der Waals surface area (Å²) in [5.41, 5.74) is 8.20. The molecule has 0 unspecified atom stereocenters. The summed E-state index contributed by atoms with van der Waals surface area (Å²) in [5, 5.41) is 32.4. The van der Waals surface area contributed by atoms with E-state index in [2.05, 4.69) is 24.6 Å². The van der Waals surface area contributed by atoms with Crippen LogP contribution >= 0.6 is 0 Å². The number of unbranched alkanes of at least 4 members (excludes halogenated alkanes) is 1. The minimum atomic E-state index is -0.533. The minimum absolute atomic E-state index is 0.00554. The van der Waals surface area contributed by atoms with Crippen molar-refractivity contribution in [2.45, 2.75) is 103 Å². The van der Waals surface area contributed by atoms with Gasteiger partial charge in [0.1, 0.15) is 0 Å². The molecule has 4 rings (SSSR count). The SMILES string of the molecule is C[C@]12CC[C@H](O)C[C@H]1CC[C@@H]1[C@@H]2CC[C@]2(C)[C@@H](CCNOCCCCNC(=N)N)CC[C@]12O. The number of nitrogens with one attached hydrogen (secondary N) is 3. The van der Waals surface area contributed by atoms with Crippen LogP contribution in [0, 0.1) is 39.9 Å². The van der Waals surface area contributed by atoms with Gasteiger partial charge in [-0.2, -0.15) is 0 Å². The summed E-state index contributed by atoms with van der Waals surface area (Å²) in [6.45, 7) is 7.05. The zero-order chi connectivity index (χ0) is 23.7. The highest BCUT2D eigenvalue weighted by Crippen LogP contribution is 2.69. The molecule has 0 aromatic heterocycles. The first-order chi connectivity index (χ1) is 15.7. The van der Waals surface area contributed by atoms with E-state index in [4.69, 9.17) is 16.0 Å². The molecule has 0 spiro atoms. The molecule has 4 saturated carbocycles. The summed E-state index contributed by atoms with van der Waals surface area (Å²) in [7, 11) is 0. The Hall–Kier alpha value is -0.890. The quantitative estimate of drug-likeness (QED) is 0.135. The predicted octanol–water partition coefficient (Wildman–Crippen LogP) is 3.30. The largest absolute Gasteiger partial charge is 0.393 e. The highest BCUT2D eigenvalue weighted by molar-refractivity contribution is 5.74. The van der Waals surface area contributed by atoms with Gasteiger partial charge in [0.2, 0.25) is 0 Å². The van der Waals surface area contributed by atoms with E-state index in [-0.39, 0.29) is 17.5 Å². The van der Waals surface area contributed by atoms with Crippen molar-refractivity contribution in [2.24, 2.45) is 40.2 Å². The van der Waals surface area contributed by atoms with Gasteiger partial charge >= 0.3 is 0 Å². The van der Waals surface area contributed by atoms with Crippen LogP contribution in [-0.2, 0) is 4.84 Å². The second-order valence-electron chi connectivity index (χ2n) is 12.1. The van der Waals surface area contributed by atoms with Crippen LogP contribution in [-0.4, -0.2) is 47.6 Å². The van der Waals surface area contributed by atoms with Gasteiger partial charge in [0.25, 0.3) is 0 Å². The number of aliphatic hydroxyl groups excluding tert-OH is 1. The summed E-state index contributed by atoms with van der Waals surface area (Å²) in [5.74, 6) is 2.23. The average Bonchev–Trinajstić information content (AvgIpc) is 3.04. The van der Waals surface area contributed by atoms with Crippen molar-refractivity contribution >= 4 is 5.96 Å². The zero-order valence-corrected chi connectivity index (χ0v) is 20.9. The summed E-state index contributed by atoms with van der Waals surface area (Å²) in [4.78, 5) is 5.62. The number of fused-ring (bicyclic) bond motifs is 5. The standard InChI is InChI=1S/C26H48N4O3/c1-24-11-8-20(31)17-19(24)5-6-22-21(24)9-12-25(2)18(7-13-26(22,25)32)10-15-30-33-16-4-3-14-29-23(27)28/h18-22,30-32H,3-17H2,1-2H3,(H4,27,28,29)/t18-,19-,20+,21+,22-,24+,25-,26+/m1/s1. The molecule has 0 amide bonds. The Balaban J connectivity index is 1.27. The lowest BCUT2D eigenvalue weighted by atomic mass is 9.43. The topological polar surface area (TPSA) is 124 Å². The lowest BCUT2D eigenvalue weighted by Gasteiger charge is -2.63. The van der Waals surface area contributed by atoms with Crippen LogP contribution in [0.5, 0.6) is 0 Å². The number of nitrogens with two attached hydrogens (primary N) is 1. The maximum atomic E-state index is 12.2.